The van der Waals surface area contributed by atoms with E-state index in [0.717, 1.165) is 0 Å². The molecule has 0 aliphatic carbocycles. The first-order chi connectivity index (χ1) is 5.53. The number of β-amino-alcohol motifs (C(OH)–C–C–N with tert-alkyl or cyclic N) is 1. The fourth-order valence-electron chi connectivity index (χ4n) is 1.38. The normalized spacial score (nSPS) is 29.7. The zero-order valence-corrected chi connectivity index (χ0v) is 6.50. The summed E-state index contributed by atoms with van der Waals surface area (Å²) in [5.41, 5.74) is 0. The van der Waals surface area contributed by atoms with Gasteiger partial charge in [0.1, 0.15) is 0 Å². The molecular formula is C7H10F2N2O. The molecule has 1 atom stereocenters. The van der Waals surface area contributed by atoms with Crippen LogP contribution < -0.4 is 0 Å². The van der Waals surface area contributed by atoms with E-state index in [1.165, 1.54) is 4.90 Å². The molecule has 5 heteroatoms. The van der Waals surface area contributed by atoms with Gasteiger partial charge in [0.05, 0.1) is 25.3 Å². The third-order valence-electron chi connectivity index (χ3n) is 1.75. The second kappa shape index (κ2) is 3.33. The van der Waals surface area contributed by atoms with E-state index in [4.69, 9.17) is 10.4 Å². The number of likely N-dealkylation sites (tertiary alicyclic amines) is 1. The van der Waals surface area contributed by atoms with Gasteiger partial charge < -0.3 is 5.11 Å². The summed E-state index contributed by atoms with van der Waals surface area (Å²) < 4.78 is 25.4. The Labute approximate surface area is 69.2 Å². The molecule has 0 radical (unpaired) electrons. The van der Waals surface area contributed by atoms with Gasteiger partial charge in [0.2, 0.25) is 0 Å². The molecule has 1 aliphatic heterocycles. The van der Waals surface area contributed by atoms with Crippen molar-refractivity contribution in [3.05, 3.63) is 0 Å². The van der Waals surface area contributed by atoms with Crippen molar-refractivity contribution < 1.29 is 13.9 Å². The maximum atomic E-state index is 12.7. The molecule has 3 nitrogen and oxygen atoms in total. The van der Waals surface area contributed by atoms with Gasteiger partial charge in [-0.05, 0) is 0 Å². The van der Waals surface area contributed by atoms with Gasteiger partial charge in [-0.15, -0.1) is 0 Å². The number of hydrogen-bond donors (Lipinski definition) is 1. The van der Waals surface area contributed by atoms with E-state index >= 15 is 0 Å². The van der Waals surface area contributed by atoms with Crippen LogP contribution in [0.4, 0.5) is 8.78 Å². The summed E-state index contributed by atoms with van der Waals surface area (Å²) in [5.74, 6) is -2.85. The average Bonchev–Trinajstić information content (AvgIpc) is 1.82. The largest absolute Gasteiger partial charge is 0.392 e. The summed E-state index contributed by atoms with van der Waals surface area (Å²) in [6.07, 6.45) is -1.50. The first-order valence-corrected chi connectivity index (χ1v) is 3.69. The zero-order chi connectivity index (χ0) is 9.19. The predicted molar refractivity (Wildman–Crippen MR) is 37.6 cm³/mol. The van der Waals surface area contributed by atoms with Crippen molar-refractivity contribution >= 4 is 0 Å². The molecule has 0 aromatic carbocycles. The van der Waals surface area contributed by atoms with Crippen molar-refractivity contribution in [3.63, 3.8) is 0 Å². The first-order valence-electron chi connectivity index (χ1n) is 3.69. The number of rotatable bonds is 1. The van der Waals surface area contributed by atoms with Gasteiger partial charge in [-0.2, -0.15) is 5.26 Å². The van der Waals surface area contributed by atoms with E-state index in [0.29, 0.717) is 0 Å². The highest BCUT2D eigenvalue weighted by atomic mass is 19.3. The summed E-state index contributed by atoms with van der Waals surface area (Å²) >= 11 is 0. The van der Waals surface area contributed by atoms with Gasteiger partial charge in [-0.3, -0.25) is 4.90 Å². The molecule has 1 rings (SSSR count). The van der Waals surface area contributed by atoms with E-state index in [1.54, 1.807) is 6.07 Å². The van der Waals surface area contributed by atoms with Crippen LogP contribution >= 0.6 is 0 Å². The van der Waals surface area contributed by atoms with Gasteiger partial charge in [-0.1, -0.05) is 0 Å². The number of hydrogen-bond acceptors (Lipinski definition) is 3. The molecule has 12 heavy (non-hydrogen) atoms. The van der Waals surface area contributed by atoms with E-state index in [9.17, 15) is 8.78 Å². The minimum atomic E-state index is -2.85. The Kier molecular flexibility index (Phi) is 2.60. The molecule has 1 saturated heterocycles. The Bertz CT molecular complexity index is 202. The van der Waals surface area contributed by atoms with Crippen LogP contribution in [0.3, 0.4) is 0 Å². The fraction of sp³-hybridized carbons (Fsp3) is 0.857. The molecule has 0 aromatic heterocycles. The fourth-order valence-corrected chi connectivity index (χ4v) is 1.38. The minimum absolute atomic E-state index is 0.0490. The number of halogens is 2. The van der Waals surface area contributed by atoms with Crippen LogP contribution in [0, 0.1) is 11.3 Å². The van der Waals surface area contributed by atoms with Gasteiger partial charge in [0.15, 0.2) is 0 Å². The molecule has 1 heterocycles. The number of aliphatic hydroxyl groups is 1. The molecule has 0 amide bonds. The summed E-state index contributed by atoms with van der Waals surface area (Å²) in [6.45, 7) is -0.298. The lowest BCUT2D eigenvalue weighted by Crippen LogP contribution is -2.49. The van der Waals surface area contributed by atoms with Crippen molar-refractivity contribution in [3.8, 4) is 6.07 Å². The Balaban J connectivity index is 2.53. The topological polar surface area (TPSA) is 47.3 Å². The average molecular weight is 176 g/mol. The van der Waals surface area contributed by atoms with E-state index in [2.05, 4.69) is 0 Å². The number of piperidine rings is 1. The Hall–Kier alpha value is -0.730. The van der Waals surface area contributed by atoms with E-state index in [1.807, 2.05) is 0 Å². The van der Waals surface area contributed by atoms with Crippen LogP contribution in [0.2, 0.25) is 0 Å². The lowest BCUT2D eigenvalue weighted by molar-refractivity contribution is -0.104. The van der Waals surface area contributed by atoms with Gasteiger partial charge in [0.25, 0.3) is 5.92 Å². The summed E-state index contributed by atoms with van der Waals surface area (Å²) in [7, 11) is 0. The second-order valence-electron chi connectivity index (χ2n) is 3.04. The molecule has 0 spiro atoms. The summed E-state index contributed by atoms with van der Waals surface area (Å²) in [5, 5.41) is 17.3. The maximum absolute atomic E-state index is 12.7. The minimum Gasteiger partial charge on any atom is -0.392 e. The third-order valence-corrected chi connectivity index (χ3v) is 1.75. The Morgan fingerprint density at radius 3 is 2.83 bits per heavy atom. The van der Waals surface area contributed by atoms with Crippen LogP contribution in [0.25, 0.3) is 0 Å². The molecule has 0 saturated carbocycles. The van der Waals surface area contributed by atoms with Gasteiger partial charge in [0, 0.05) is 13.0 Å². The summed E-state index contributed by atoms with van der Waals surface area (Å²) in [6, 6.07) is 1.78. The van der Waals surface area contributed by atoms with Gasteiger partial charge >= 0.3 is 0 Å². The van der Waals surface area contributed by atoms with Crippen molar-refractivity contribution in [2.24, 2.45) is 0 Å². The van der Waals surface area contributed by atoms with E-state index in [-0.39, 0.29) is 13.1 Å². The Morgan fingerprint density at radius 1 is 1.67 bits per heavy atom. The number of nitrogens with zero attached hydrogens (tertiary/aromatic N) is 2. The predicted octanol–water partition coefficient (Wildman–Crippen LogP) is 0.212. The van der Waals surface area contributed by atoms with Gasteiger partial charge in [-0.25, -0.2) is 8.78 Å². The summed E-state index contributed by atoms with van der Waals surface area (Å²) in [4.78, 5) is 1.26. The van der Waals surface area contributed by atoms with E-state index < -0.39 is 25.0 Å². The number of alkyl halides is 2. The molecule has 0 aromatic rings. The lowest BCUT2D eigenvalue weighted by Gasteiger charge is -2.33. The SMILES string of the molecule is N#CCN1CC(O)CC(F)(F)C1. The van der Waals surface area contributed by atoms with Crippen molar-refractivity contribution in [1.29, 1.82) is 5.26 Å². The second-order valence-corrected chi connectivity index (χ2v) is 3.04. The van der Waals surface area contributed by atoms with Crippen LogP contribution in [0.15, 0.2) is 0 Å². The van der Waals surface area contributed by atoms with Crippen molar-refractivity contribution in [1.82, 2.24) is 4.90 Å². The smallest absolute Gasteiger partial charge is 0.263 e. The lowest BCUT2D eigenvalue weighted by atomic mass is 10.1. The third kappa shape index (κ3) is 2.40. The highest BCUT2D eigenvalue weighted by molar-refractivity contribution is 4.88. The Morgan fingerprint density at radius 2 is 2.33 bits per heavy atom. The maximum Gasteiger partial charge on any atom is 0.263 e. The molecule has 1 unspecified atom stereocenters. The first kappa shape index (κ1) is 9.36. The monoisotopic (exact) mass is 176 g/mol. The number of aliphatic hydroxyl groups excluding tert-OH is 1. The zero-order valence-electron chi connectivity index (χ0n) is 6.50. The van der Waals surface area contributed by atoms with Crippen LogP contribution in [0.1, 0.15) is 6.42 Å². The molecule has 68 valence electrons. The standard InChI is InChI=1S/C7H10F2N2O/c8-7(9)3-6(12)4-11(5-7)2-1-10/h6,12H,2-5H2. The molecule has 1 N–H and O–H groups in total. The molecule has 1 fully saturated rings. The highest BCUT2D eigenvalue weighted by Gasteiger charge is 2.39. The quantitative estimate of drug-likeness (QED) is 0.581. The van der Waals surface area contributed by atoms with Crippen LogP contribution in [-0.2, 0) is 0 Å². The highest BCUT2D eigenvalue weighted by Crippen LogP contribution is 2.26. The van der Waals surface area contributed by atoms with Crippen molar-refractivity contribution in [2.75, 3.05) is 19.6 Å². The van der Waals surface area contributed by atoms with Crippen LogP contribution in [-0.4, -0.2) is 41.7 Å². The molecule has 0 bridgehead atoms. The molecule has 1 aliphatic rings. The number of nitriles is 1. The van der Waals surface area contributed by atoms with Crippen LogP contribution in [0.5, 0.6) is 0 Å². The van der Waals surface area contributed by atoms with Crippen molar-refractivity contribution in [2.45, 2.75) is 18.4 Å². The molecular weight excluding hydrogens is 166 g/mol.